The van der Waals surface area contributed by atoms with Crippen LogP contribution in [0.4, 0.5) is 0 Å². The summed E-state index contributed by atoms with van der Waals surface area (Å²) in [5.74, 6) is -0.00344. The number of nitrogens with zero attached hydrogens (tertiary/aromatic N) is 7. The molecule has 0 radical (unpaired) electrons. The van der Waals surface area contributed by atoms with Crippen molar-refractivity contribution in [2.45, 2.75) is 25.9 Å². The molecule has 2 aromatic heterocycles. The third kappa shape index (κ3) is 2.79. The first kappa shape index (κ1) is 15.5. The fourth-order valence-corrected chi connectivity index (χ4v) is 3.31. The van der Waals surface area contributed by atoms with Crippen molar-refractivity contribution in [3.8, 4) is 0 Å². The molecular formula is C17H19N7O. The molecule has 0 aliphatic carbocycles. The van der Waals surface area contributed by atoms with E-state index in [9.17, 15) is 4.79 Å². The van der Waals surface area contributed by atoms with Crippen LogP contribution in [0.25, 0.3) is 0 Å². The number of rotatable bonds is 4. The lowest BCUT2D eigenvalue weighted by Crippen LogP contribution is -2.53. The van der Waals surface area contributed by atoms with Gasteiger partial charge in [0, 0.05) is 18.8 Å². The van der Waals surface area contributed by atoms with Gasteiger partial charge in [-0.1, -0.05) is 30.3 Å². The van der Waals surface area contributed by atoms with Crippen LogP contribution in [0.2, 0.25) is 0 Å². The van der Waals surface area contributed by atoms with E-state index in [0.717, 1.165) is 17.0 Å². The Morgan fingerprint density at radius 2 is 1.96 bits per heavy atom. The standard InChI is InChI=1S/C17H19N7O/c1-12-8-13(2)24(19-12)15-9-22(10-15)17(25)16(23-11-18-20-21-23)14-6-4-3-5-7-14/h3-8,11,15-16H,9-10H2,1-2H3/t16-/m1/s1. The van der Waals surface area contributed by atoms with Crippen LogP contribution in [-0.4, -0.2) is 53.9 Å². The van der Waals surface area contributed by atoms with Crippen LogP contribution >= 0.6 is 0 Å². The summed E-state index contributed by atoms with van der Waals surface area (Å²) >= 11 is 0. The summed E-state index contributed by atoms with van der Waals surface area (Å²) in [6.07, 6.45) is 1.48. The van der Waals surface area contributed by atoms with Crippen LogP contribution in [0, 0.1) is 13.8 Å². The van der Waals surface area contributed by atoms with Crippen LogP contribution in [0.15, 0.2) is 42.7 Å². The van der Waals surface area contributed by atoms with Gasteiger partial charge in [-0.3, -0.25) is 9.48 Å². The van der Waals surface area contributed by atoms with Crippen LogP contribution in [0.1, 0.15) is 29.0 Å². The molecule has 1 fully saturated rings. The number of carbonyl (C=O) groups is 1. The zero-order valence-electron chi connectivity index (χ0n) is 14.1. The predicted octanol–water partition coefficient (Wildman–Crippen LogP) is 1.16. The van der Waals surface area contributed by atoms with Crippen molar-refractivity contribution in [3.63, 3.8) is 0 Å². The van der Waals surface area contributed by atoms with Crippen LogP contribution in [0.3, 0.4) is 0 Å². The number of carbonyl (C=O) groups excluding carboxylic acids is 1. The van der Waals surface area contributed by atoms with Gasteiger partial charge in [0.05, 0.1) is 11.7 Å². The zero-order chi connectivity index (χ0) is 17.4. The fraction of sp³-hybridized carbons (Fsp3) is 0.353. The van der Waals surface area contributed by atoms with Gasteiger partial charge in [0.2, 0.25) is 0 Å². The first-order chi connectivity index (χ1) is 12.1. The molecule has 0 spiro atoms. The number of hydrogen-bond acceptors (Lipinski definition) is 5. The summed E-state index contributed by atoms with van der Waals surface area (Å²) in [5, 5.41) is 15.8. The number of hydrogen-bond donors (Lipinski definition) is 0. The highest BCUT2D eigenvalue weighted by Crippen LogP contribution is 2.28. The molecular weight excluding hydrogens is 318 g/mol. The highest BCUT2D eigenvalue weighted by atomic mass is 16.2. The Hall–Kier alpha value is -3.03. The Morgan fingerprint density at radius 3 is 2.56 bits per heavy atom. The van der Waals surface area contributed by atoms with E-state index in [1.54, 1.807) is 0 Å². The highest BCUT2D eigenvalue weighted by molar-refractivity contribution is 5.84. The Balaban J connectivity index is 1.54. The van der Waals surface area contributed by atoms with Crippen molar-refractivity contribution in [2.24, 2.45) is 0 Å². The first-order valence-electron chi connectivity index (χ1n) is 8.22. The molecule has 25 heavy (non-hydrogen) atoms. The van der Waals surface area contributed by atoms with E-state index in [4.69, 9.17) is 0 Å². The third-order valence-electron chi connectivity index (χ3n) is 4.54. The topological polar surface area (TPSA) is 81.7 Å². The van der Waals surface area contributed by atoms with E-state index in [1.807, 2.05) is 53.8 Å². The van der Waals surface area contributed by atoms with E-state index in [1.165, 1.54) is 11.0 Å². The maximum absolute atomic E-state index is 13.1. The van der Waals surface area contributed by atoms with E-state index in [-0.39, 0.29) is 11.9 Å². The lowest BCUT2D eigenvalue weighted by atomic mass is 10.0. The van der Waals surface area contributed by atoms with E-state index >= 15 is 0 Å². The Kier molecular flexibility index (Phi) is 3.79. The van der Waals surface area contributed by atoms with Gasteiger partial charge in [0.15, 0.2) is 6.04 Å². The molecule has 3 heterocycles. The molecule has 128 valence electrons. The maximum Gasteiger partial charge on any atom is 0.252 e. The lowest BCUT2D eigenvalue weighted by molar-refractivity contribution is -0.140. The van der Waals surface area contributed by atoms with Crippen molar-refractivity contribution in [1.29, 1.82) is 0 Å². The monoisotopic (exact) mass is 337 g/mol. The normalized spacial score (nSPS) is 15.8. The molecule has 1 aromatic carbocycles. The molecule has 0 unspecified atom stereocenters. The quantitative estimate of drug-likeness (QED) is 0.713. The minimum Gasteiger partial charge on any atom is -0.336 e. The van der Waals surface area contributed by atoms with Gasteiger partial charge in [-0.05, 0) is 35.9 Å². The van der Waals surface area contributed by atoms with Crippen molar-refractivity contribution in [3.05, 3.63) is 59.7 Å². The van der Waals surface area contributed by atoms with E-state index in [0.29, 0.717) is 13.1 Å². The Bertz CT molecular complexity index is 866. The molecule has 0 N–H and O–H groups in total. The molecule has 1 aliphatic rings. The van der Waals surface area contributed by atoms with Gasteiger partial charge in [-0.25, -0.2) is 4.68 Å². The lowest BCUT2D eigenvalue weighted by Gasteiger charge is -2.41. The summed E-state index contributed by atoms with van der Waals surface area (Å²) in [6, 6.07) is 11.3. The summed E-state index contributed by atoms with van der Waals surface area (Å²) in [5.41, 5.74) is 2.99. The zero-order valence-corrected chi connectivity index (χ0v) is 14.1. The van der Waals surface area contributed by atoms with Crippen molar-refractivity contribution < 1.29 is 4.79 Å². The minimum atomic E-state index is -0.544. The number of benzene rings is 1. The number of aryl methyl sites for hydroxylation is 2. The predicted molar refractivity (Wildman–Crippen MR) is 89.7 cm³/mol. The third-order valence-corrected chi connectivity index (χ3v) is 4.54. The molecule has 3 aromatic rings. The van der Waals surface area contributed by atoms with Crippen molar-refractivity contribution >= 4 is 5.91 Å². The fourth-order valence-electron chi connectivity index (χ4n) is 3.31. The van der Waals surface area contributed by atoms with Crippen molar-refractivity contribution in [1.82, 2.24) is 34.9 Å². The number of likely N-dealkylation sites (tertiary alicyclic amines) is 1. The SMILES string of the molecule is Cc1cc(C)n(C2CN(C(=O)[C@@H](c3ccccc3)n3cnnn3)C2)n1. The van der Waals surface area contributed by atoms with Crippen LogP contribution in [0.5, 0.6) is 0 Å². The Labute approximate surface area is 145 Å². The molecule has 4 rings (SSSR count). The Morgan fingerprint density at radius 1 is 1.20 bits per heavy atom. The highest BCUT2D eigenvalue weighted by Gasteiger charge is 2.38. The first-order valence-corrected chi connectivity index (χ1v) is 8.22. The van der Waals surface area contributed by atoms with Gasteiger partial charge in [0.1, 0.15) is 6.33 Å². The summed E-state index contributed by atoms with van der Waals surface area (Å²) in [7, 11) is 0. The summed E-state index contributed by atoms with van der Waals surface area (Å²) in [6.45, 7) is 5.31. The molecule has 1 saturated heterocycles. The van der Waals surface area contributed by atoms with Gasteiger partial charge in [-0.2, -0.15) is 5.10 Å². The molecule has 0 bridgehead atoms. The average Bonchev–Trinajstić information content (AvgIpc) is 3.18. The second kappa shape index (κ2) is 6.12. The van der Waals surface area contributed by atoms with Gasteiger partial charge in [0.25, 0.3) is 5.91 Å². The van der Waals surface area contributed by atoms with Gasteiger partial charge < -0.3 is 4.90 Å². The smallest absolute Gasteiger partial charge is 0.252 e. The molecule has 1 aliphatic heterocycles. The molecule has 1 atom stereocenters. The largest absolute Gasteiger partial charge is 0.336 e. The van der Waals surface area contributed by atoms with E-state index < -0.39 is 6.04 Å². The number of tetrazole rings is 1. The second-order valence-corrected chi connectivity index (χ2v) is 6.37. The van der Waals surface area contributed by atoms with Crippen LogP contribution < -0.4 is 0 Å². The summed E-state index contributed by atoms with van der Waals surface area (Å²) < 4.78 is 3.52. The van der Waals surface area contributed by atoms with Gasteiger partial charge >= 0.3 is 0 Å². The second-order valence-electron chi connectivity index (χ2n) is 6.37. The van der Waals surface area contributed by atoms with Crippen molar-refractivity contribution in [2.75, 3.05) is 13.1 Å². The number of aromatic nitrogens is 6. The van der Waals surface area contributed by atoms with E-state index in [2.05, 4.69) is 26.7 Å². The maximum atomic E-state index is 13.1. The molecule has 8 heteroatoms. The molecule has 1 amide bonds. The summed E-state index contributed by atoms with van der Waals surface area (Å²) in [4.78, 5) is 14.9. The number of amides is 1. The molecule has 8 nitrogen and oxygen atoms in total. The average molecular weight is 337 g/mol. The van der Waals surface area contributed by atoms with Gasteiger partial charge in [-0.15, -0.1) is 5.10 Å². The minimum absolute atomic E-state index is 0.00344. The van der Waals surface area contributed by atoms with Crippen LogP contribution in [-0.2, 0) is 4.79 Å². The molecule has 0 saturated carbocycles.